The van der Waals surface area contributed by atoms with Crippen molar-refractivity contribution in [1.29, 1.82) is 5.26 Å². The molecule has 0 aliphatic heterocycles. The lowest BCUT2D eigenvalue weighted by molar-refractivity contribution is -0.123. The first-order chi connectivity index (χ1) is 16.6. The second kappa shape index (κ2) is 9.74. The lowest BCUT2D eigenvalue weighted by Crippen LogP contribution is -2.38. The van der Waals surface area contributed by atoms with E-state index in [1.165, 1.54) is 6.07 Å². The van der Waals surface area contributed by atoms with Gasteiger partial charge in [-0.1, -0.05) is 30.3 Å². The van der Waals surface area contributed by atoms with E-state index in [2.05, 4.69) is 11.9 Å². The molecule has 2 aromatic carbocycles. The Morgan fingerprint density at radius 1 is 1.31 bits per heavy atom. The molecule has 0 bridgehead atoms. The number of aryl methyl sites for hydroxylation is 1. The van der Waals surface area contributed by atoms with Crippen molar-refractivity contribution in [2.75, 3.05) is 0 Å². The van der Waals surface area contributed by atoms with E-state index >= 15 is 0 Å². The molecule has 8 heteroatoms. The number of aliphatic hydroxyl groups is 1. The summed E-state index contributed by atoms with van der Waals surface area (Å²) in [6.07, 6.45) is 4.08. The van der Waals surface area contributed by atoms with Crippen LogP contribution in [0.1, 0.15) is 69.3 Å². The van der Waals surface area contributed by atoms with Gasteiger partial charge in [-0.2, -0.15) is 14.0 Å². The molecule has 1 aliphatic rings. The number of carbonyl (C=O) groups is 1. The van der Waals surface area contributed by atoms with E-state index in [1.807, 2.05) is 28.8 Å². The van der Waals surface area contributed by atoms with Crippen LogP contribution in [0, 0.1) is 11.3 Å². The number of halogens is 2. The molecule has 184 valence electrons. The van der Waals surface area contributed by atoms with E-state index in [0.717, 1.165) is 19.3 Å². The summed E-state index contributed by atoms with van der Waals surface area (Å²) < 4.78 is 32.8. The molecule has 0 spiro atoms. The number of hydrogen-bond donors (Lipinski definition) is 1. The first-order valence-corrected chi connectivity index (χ1v) is 11.8. The normalized spacial score (nSPS) is 16.5. The zero-order valence-electron chi connectivity index (χ0n) is 19.9. The minimum atomic E-state index is -3.03. The minimum absolute atomic E-state index is 0.00303. The first kappa shape index (κ1) is 24.8. The van der Waals surface area contributed by atoms with E-state index in [1.54, 1.807) is 25.1 Å². The maximum absolute atomic E-state index is 13.1. The van der Waals surface area contributed by atoms with Crippen molar-refractivity contribution in [3.63, 3.8) is 0 Å². The van der Waals surface area contributed by atoms with Crippen LogP contribution < -0.4 is 4.74 Å². The molecule has 1 unspecified atom stereocenters. The molecule has 1 saturated carbocycles. The number of ketones is 1. The molecule has 1 atom stereocenters. The Morgan fingerprint density at radius 3 is 2.63 bits per heavy atom. The number of fused-ring (bicyclic) bond motifs is 1. The first-order valence-electron chi connectivity index (χ1n) is 11.8. The average Bonchev–Trinajstić information content (AvgIpc) is 3.16. The zero-order valence-corrected chi connectivity index (χ0v) is 19.9. The zero-order chi connectivity index (χ0) is 25.2. The van der Waals surface area contributed by atoms with Crippen LogP contribution in [0.25, 0.3) is 11.0 Å². The second-order valence-electron chi connectivity index (χ2n) is 9.76. The largest absolute Gasteiger partial charge is 0.432 e. The molecule has 1 N–H and O–H groups in total. The third kappa shape index (κ3) is 5.20. The summed E-state index contributed by atoms with van der Waals surface area (Å²) in [4.78, 5) is 17.3. The summed E-state index contributed by atoms with van der Waals surface area (Å²) >= 11 is 0. The van der Waals surface area contributed by atoms with Crippen molar-refractivity contribution < 1.29 is 23.4 Å². The number of aromatic nitrogens is 2. The van der Waals surface area contributed by atoms with Crippen molar-refractivity contribution in [3.05, 3.63) is 59.4 Å². The summed E-state index contributed by atoms with van der Waals surface area (Å²) in [5.74, 6) is 0.496. The van der Waals surface area contributed by atoms with Gasteiger partial charge in [0.2, 0.25) is 0 Å². The number of Topliss-reactive ketones (excluding diaryl/α,β-unsaturated/α-hetero) is 1. The molecular formula is C27H29F2N3O3. The van der Waals surface area contributed by atoms with Crippen LogP contribution in [0.15, 0.2) is 42.5 Å². The minimum Gasteiger partial charge on any atom is -0.432 e. The van der Waals surface area contributed by atoms with Crippen molar-refractivity contribution in [2.24, 2.45) is 0 Å². The number of carbonyl (C=O) groups excluding carboxylic acids is 1. The van der Waals surface area contributed by atoms with Crippen LogP contribution in [0.3, 0.4) is 0 Å². The van der Waals surface area contributed by atoms with Gasteiger partial charge in [-0.3, -0.25) is 4.79 Å². The van der Waals surface area contributed by atoms with Gasteiger partial charge < -0.3 is 14.4 Å². The molecule has 3 aromatic rings. The number of nitrogens with zero attached hydrogens (tertiary/aromatic N) is 3. The number of alkyl halides is 2. The quantitative estimate of drug-likeness (QED) is 0.407. The van der Waals surface area contributed by atoms with Crippen LogP contribution in [0.4, 0.5) is 8.78 Å². The van der Waals surface area contributed by atoms with E-state index in [0.29, 0.717) is 35.3 Å². The Kier molecular flexibility index (Phi) is 6.91. The Bertz CT molecular complexity index is 1260. The summed E-state index contributed by atoms with van der Waals surface area (Å²) in [5.41, 5.74) is 0.317. The summed E-state index contributed by atoms with van der Waals surface area (Å²) in [7, 11) is 0. The van der Waals surface area contributed by atoms with Crippen molar-refractivity contribution >= 4 is 16.8 Å². The molecule has 6 nitrogen and oxygen atoms in total. The van der Waals surface area contributed by atoms with Crippen LogP contribution >= 0.6 is 0 Å². The summed E-state index contributed by atoms with van der Waals surface area (Å²) in [6.45, 7) is 0.694. The molecule has 1 aliphatic carbocycles. The smallest absolute Gasteiger partial charge is 0.387 e. The van der Waals surface area contributed by atoms with E-state index < -0.39 is 12.2 Å². The highest BCUT2D eigenvalue weighted by atomic mass is 19.3. The van der Waals surface area contributed by atoms with Crippen molar-refractivity contribution in [2.45, 2.75) is 76.5 Å². The molecule has 1 fully saturated rings. The fourth-order valence-corrected chi connectivity index (χ4v) is 4.94. The molecular weight excluding hydrogens is 452 g/mol. The average molecular weight is 482 g/mol. The van der Waals surface area contributed by atoms with Crippen LogP contribution in [0.5, 0.6) is 5.75 Å². The van der Waals surface area contributed by atoms with Crippen molar-refractivity contribution in [1.82, 2.24) is 9.55 Å². The lowest BCUT2D eigenvalue weighted by atomic mass is 9.78. The lowest BCUT2D eigenvalue weighted by Gasteiger charge is -2.41. The van der Waals surface area contributed by atoms with Gasteiger partial charge in [0.05, 0.1) is 22.8 Å². The van der Waals surface area contributed by atoms with Crippen molar-refractivity contribution in [3.8, 4) is 11.8 Å². The Balaban J connectivity index is 1.56. The Labute approximate surface area is 203 Å². The highest BCUT2D eigenvalue weighted by Crippen LogP contribution is 2.43. The Hall–Kier alpha value is -3.31. The predicted octanol–water partition coefficient (Wildman–Crippen LogP) is 5.60. The van der Waals surface area contributed by atoms with Gasteiger partial charge in [-0.15, -0.1) is 0 Å². The highest BCUT2D eigenvalue weighted by Gasteiger charge is 2.37. The molecule has 1 aromatic heterocycles. The molecule has 0 amide bonds. The van der Waals surface area contributed by atoms with Gasteiger partial charge in [-0.05, 0) is 51.2 Å². The maximum Gasteiger partial charge on any atom is 0.387 e. The summed E-state index contributed by atoms with van der Waals surface area (Å²) in [6, 6.07) is 14.1. The monoisotopic (exact) mass is 481 g/mol. The maximum atomic E-state index is 13.1. The van der Waals surface area contributed by atoms with Gasteiger partial charge in [0, 0.05) is 30.9 Å². The third-order valence-corrected chi connectivity index (χ3v) is 6.90. The number of benzene rings is 2. The van der Waals surface area contributed by atoms with Gasteiger partial charge >= 0.3 is 6.61 Å². The molecule has 0 saturated heterocycles. The Morgan fingerprint density at radius 2 is 2.03 bits per heavy atom. The van der Waals surface area contributed by atoms with Crippen LogP contribution in [0.2, 0.25) is 0 Å². The SMILES string of the molecule is CC(O)(CC(=O)CCCc1nc2c(OC(F)F)cc(C#N)cc2n1C1(C)CCC1)c1ccccc1. The third-order valence-electron chi connectivity index (χ3n) is 6.90. The number of ether oxygens (including phenoxy) is 1. The van der Waals surface area contributed by atoms with E-state index in [-0.39, 0.29) is 35.5 Å². The number of rotatable bonds is 10. The van der Waals surface area contributed by atoms with Gasteiger partial charge in [0.1, 0.15) is 17.1 Å². The van der Waals surface area contributed by atoms with Crippen LogP contribution in [-0.2, 0) is 22.4 Å². The number of imidazole rings is 1. The second-order valence-corrected chi connectivity index (χ2v) is 9.76. The van der Waals surface area contributed by atoms with Gasteiger partial charge in [-0.25, -0.2) is 4.98 Å². The predicted molar refractivity (Wildman–Crippen MR) is 127 cm³/mol. The summed E-state index contributed by atoms with van der Waals surface area (Å²) in [5, 5.41) is 20.2. The number of nitriles is 1. The standard InChI is InChI=1S/C27H29F2N3O3/c1-26(12-7-13-26)32-21-14-18(17-30)15-22(35-25(28)29)24(21)31-23(32)11-6-10-20(33)16-27(2,34)19-8-4-3-5-9-19/h3-5,8-9,14-15,25,34H,6-7,10-13,16H2,1-2H3. The van der Waals surface area contributed by atoms with Crippen LogP contribution in [-0.4, -0.2) is 27.1 Å². The number of hydrogen-bond acceptors (Lipinski definition) is 5. The molecule has 1 heterocycles. The molecule has 4 rings (SSSR count). The fourth-order valence-electron chi connectivity index (χ4n) is 4.94. The molecule has 0 radical (unpaired) electrons. The highest BCUT2D eigenvalue weighted by molar-refractivity contribution is 5.85. The van der Waals surface area contributed by atoms with E-state index in [4.69, 9.17) is 4.74 Å². The van der Waals surface area contributed by atoms with E-state index in [9.17, 15) is 23.9 Å². The van der Waals surface area contributed by atoms with Gasteiger partial charge in [0.15, 0.2) is 5.75 Å². The van der Waals surface area contributed by atoms with Gasteiger partial charge in [0.25, 0.3) is 0 Å². The topological polar surface area (TPSA) is 88.1 Å². The fraction of sp³-hybridized carbons (Fsp3) is 0.444. The molecule has 35 heavy (non-hydrogen) atoms.